The van der Waals surface area contributed by atoms with Gasteiger partial charge in [0.1, 0.15) is 0 Å². The number of carbonyl (C=O) groups is 1. The molecule has 0 fully saturated rings. The Balaban J connectivity index is 3.73. The number of hydrogen-bond donors (Lipinski definition) is 3. The van der Waals surface area contributed by atoms with E-state index in [0.717, 1.165) is 0 Å². The first-order valence-electron chi connectivity index (χ1n) is 6.29. The van der Waals surface area contributed by atoms with Crippen molar-refractivity contribution in [1.82, 2.24) is 10.6 Å². The van der Waals surface area contributed by atoms with Crippen molar-refractivity contribution < 1.29 is 9.90 Å². The van der Waals surface area contributed by atoms with Crippen molar-refractivity contribution in [1.29, 1.82) is 0 Å². The Labute approximate surface area is 105 Å². The topological polar surface area (TPSA) is 61.4 Å². The molecule has 0 bridgehead atoms. The van der Waals surface area contributed by atoms with Gasteiger partial charge in [0.2, 0.25) is 5.91 Å². The van der Waals surface area contributed by atoms with E-state index in [4.69, 9.17) is 5.11 Å². The van der Waals surface area contributed by atoms with Crippen LogP contribution in [0.2, 0.25) is 0 Å². The third kappa shape index (κ3) is 10.3. The lowest BCUT2D eigenvalue weighted by Gasteiger charge is -2.24. The summed E-state index contributed by atoms with van der Waals surface area (Å²) in [5.74, 6) is 0.0627. The van der Waals surface area contributed by atoms with Gasteiger partial charge in [0, 0.05) is 31.7 Å². The molecule has 0 aliphatic carbocycles. The molecule has 17 heavy (non-hydrogen) atoms. The number of carbonyl (C=O) groups excluding carboxylic acids is 1. The highest BCUT2D eigenvalue weighted by Gasteiger charge is 2.18. The Kier molecular flexibility index (Phi) is 6.72. The van der Waals surface area contributed by atoms with Crippen molar-refractivity contribution in [2.24, 2.45) is 5.41 Å². The Bertz CT molecular complexity index is 232. The second-order valence-electron chi connectivity index (χ2n) is 6.34. The highest BCUT2D eigenvalue weighted by atomic mass is 16.3. The van der Waals surface area contributed by atoms with Gasteiger partial charge in [-0.25, -0.2) is 0 Å². The van der Waals surface area contributed by atoms with Gasteiger partial charge >= 0.3 is 0 Å². The predicted octanol–water partition coefficient (Wildman–Crippen LogP) is 1.29. The number of aliphatic hydroxyl groups is 1. The van der Waals surface area contributed by atoms with Crippen molar-refractivity contribution in [3.8, 4) is 0 Å². The average Bonchev–Trinajstić information content (AvgIpc) is 2.13. The van der Waals surface area contributed by atoms with Gasteiger partial charge in [-0.2, -0.15) is 0 Å². The van der Waals surface area contributed by atoms with Crippen LogP contribution in [0.5, 0.6) is 0 Å². The molecule has 1 amide bonds. The lowest BCUT2D eigenvalue weighted by Crippen LogP contribution is -2.40. The highest BCUT2D eigenvalue weighted by molar-refractivity contribution is 5.76. The van der Waals surface area contributed by atoms with Crippen LogP contribution in [0.25, 0.3) is 0 Å². The summed E-state index contributed by atoms with van der Waals surface area (Å²) < 4.78 is 0. The Hall–Kier alpha value is -0.610. The van der Waals surface area contributed by atoms with Crippen LogP contribution in [0.3, 0.4) is 0 Å². The van der Waals surface area contributed by atoms with Crippen LogP contribution in [0.1, 0.15) is 47.5 Å². The molecule has 0 heterocycles. The first kappa shape index (κ1) is 16.4. The first-order valence-corrected chi connectivity index (χ1v) is 6.29. The molecule has 0 aliphatic rings. The lowest BCUT2D eigenvalue weighted by molar-refractivity contribution is -0.121. The van der Waals surface area contributed by atoms with Gasteiger partial charge in [0.15, 0.2) is 0 Å². The van der Waals surface area contributed by atoms with Gasteiger partial charge in [0.05, 0.1) is 0 Å². The van der Waals surface area contributed by atoms with E-state index in [9.17, 15) is 4.79 Å². The summed E-state index contributed by atoms with van der Waals surface area (Å²) in [6.45, 7) is 11.8. The predicted molar refractivity (Wildman–Crippen MR) is 70.9 cm³/mol. The SMILES string of the molecule is CC(C)(CCO)CNC(=O)CCNC(C)(C)C. The van der Waals surface area contributed by atoms with E-state index in [-0.39, 0.29) is 23.5 Å². The summed E-state index contributed by atoms with van der Waals surface area (Å²) in [5, 5.41) is 15.1. The fraction of sp³-hybridized carbons (Fsp3) is 0.923. The number of rotatable bonds is 7. The van der Waals surface area contributed by atoms with Gasteiger partial charge < -0.3 is 15.7 Å². The number of aliphatic hydroxyl groups excluding tert-OH is 1. The quantitative estimate of drug-likeness (QED) is 0.632. The van der Waals surface area contributed by atoms with Gasteiger partial charge in [-0.3, -0.25) is 4.79 Å². The molecule has 0 saturated carbocycles. The Morgan fingerprint density at radius 1 is 1.18 bits per heavy atom. The van der Waals surface area contributed by atoms with Crippen molar-refractivity contribution in [2.75, 3.05) is 19.7 Å². The van der Waals surface area contributed by atoms with Crippen LogP contribution in [0.4, 0.5) is 0 Å². The molecule has 0 unspecified atom stereocenters. The van der Waals surface area contributed by atoms with E-state index < -0.39 is 0 Å². The number of nitrogens with one attached hydrogen (secondary N) is 2. The average molecular weight is 244 g/mol. The molecular formula is C13H28N2O2. The second-order valence-corrected chi connectivity index (χ2v) is 6.34. The molecule has 102 valence electrons. The maximum atomic E-state index is 11.6. The minimum Gasteiger partial charge on any atom is -0.396 e. The third-order valence-corrected chi connectivity index (χ3v) is 2.56. The standard InChI is InChI=1S/C13H28N2O2/c1-12(2,3)15-8-6-11(17)14-10-13(4,5)7-9-16/h15-16H,6-10H2,1-5H3,(H,14,17). The fourth-order valence-electron chi connectivity index (χ4n) is 1.37. The summed E-state index contributed by atoms with van der Waals surface area (Å²) in [6.07, 6.45) is 1.19. The molecule has 0 atom stereocenters. The summed E-state index contributed by atoms with van der Waals surface area (Å²) >= 11 is 0. The molecule has 0 spiro atoms. The number of amides is 1. The molecule has 4 nitrogen and oxygen atoms in total. The van der Waals surface area contributed by atoms with E-state index in [1.165, 1.54) is 0 Å². The van der Waals surface area contributed by atoms with Crippen LogP contribution in [-0.4, -0.2) is 36.2 Å². The zero-order chi connectivity index (χ0) is 13.5. The lowest BCUT2D eigenvalue weighted by atomic mass is 9.90. The maximum Gasteiger partial charge on any atom is 0.221 e. The molecule has 0 saturated heterocycles. The molecule has 3 N–H and O–H groups in total. The van der Waals surface area contributed by atoms with Gasteiger partial charge in [-0.1, -0.05) is 13.8 Å². The molecule has 0 rings (SSSR count). The van der Waals surface area contributed by atoms with Crippen LogP contribution < -0.4 is 10.6 Å². The zero-order valence-corrected chi connectivity index (χ0v) is 11.9. The van der Waals surface area contributed by atoms with E-state index in [1.807, 2.05) is 13.8 Å². The van der Waals surface area contributed by atoms with Gasteiger partial charge in [0.25, 0.3) is 0 Å². The second kappa shape index (κ2) is 6.97. The van der Waals surface area contributed by atoms with Crippen LogP contribution in [0, 0.1) is 5.41 Å². The molecule has 0 aromatic heterocycles. The molecular weight excluding hydrogens is 216 g/mol. The van der Waals surface area contributed by atoms with Crippen molar-refractivity contribution in [3.63, 3.8) is 0 Å². The third-order valence-electron chi connectivity index (χ3n) is 2.56. The van der Waals surface area contributed by atoms with Crippen molar-refractivity contribution >= 4 is 5.91 Å². The first-order chi connectivity index (χ1) is 7.66. The van der Waals surface area contributed by atoms with E-state index in [1.54, 1.807) is 0 Å². The van der Waals surface area contributed by atoms with Crippen LogP contribution in [-0.2, 0) is 4.79 Å². The van der Waals surface area contributed by atoms with E-state index >= 15 is 0 Å². The summed E-state index contributed by atoms with van der Waals surface area (Å²) in [5.41, 5.74) is 0.0122. The van der Waals surface area contributed by atoms with Crippen LogP contribution >= 0.6 is 0 Å². The van der Waals surface area contributed by atoms with Gasteiger partial charge in [-0.15, -0.1) is 0 Å². The smallest absolute Gasteiger partial charge is 0.221 e. The molecule has 0 radical (unpaired) electrons. The summed E-state index contributed by atoms with van der Waals surface area (Å²) in [4.78, 5) is 11.6. The Morgan fingerprint density at radius 2 is 1.76 bits per heavy atom. The fourth-order valence-corrected chi connectivity index (χ4v) is 1.37. The molecule has 0 aliphatic heterocycles. The normalized spacial score (nSPS) is 12.6. The molecule has 4 heteroatoms. The van der Waals surface area contributed by atoms with E-state index in [0.29, 0.717) is 25.9 Å². The Morgan fingerprint density at radius 3 is 2.24 bits per heavy atom. The monoisotopic (exact) mass is 244 g/mol. The zero-order valence-electron chi connectivity index (χ0n) is 11.9. The van der Waals surface area contributed by atoms with Crippen LogP contribution in [0.15, 0.2) is 0 Å². The molecule has 0 aromatic carbocycles. The summed E-state index contributed by atoms with van der Waals surface area (Å²) in [7, 11) is 0. The minimum atomic E-state index is -0.0398. The van der Waals surface area contributed by atoms with E-state index in [2.05, 4.69) is 31.4 Å². The number of hydrogen-bond acceptors (Lipinski definition) is 3. The van der Waals surface area contributed by atoms with Crippen molar-refractivity contribution in [2.45, 2.75) is 53.0 Å². The van der Waals surface area contributed by atoms with Crippen molar-refractivity contribution in [3.05, 3.63) is 0 Å². The largest absolute Gasteiger partial charge is 0.396 e. The minimum absolute atomic E-state index is 0.0398. The van der Waals surface area contributed by atoms with Gasteiger partial charge in [-0.05, 0) is 32.6 Å². The maximum absolute atomic E-state index is 11.6. The highest BCUT2D eigenvalue weighted by Crippen LogP contribution is 2.17. The molecule has 0 aromatic rings. The summed E-state index contributed by atoms with van der Waals surface area (Å²) in [6, 6.07) is 0.